The van der Waals surface area contributed by atoms with Crippen molar-refractivity contribution in [3.63, 3.8) is 0 Å². The van der Waals surface area contributed by atoms with E-state index >= 15 is 0 Å². The fourth-order valence-corrected chi connectivity index (χ4v) is 2.28. The van der Waals surface area contributed by atoms with Gasteiger partial charge in [0, 0.05) is 13.1 Å². The SMILES string of the molecule is NCC1(OCC(=O)NCC2CC2)CCCC1. The van der Waals surface area contributed by atoms with E-state index in [1.165, 1.54) is 25.7 Å². The summed E-state index contributed by atoms with van der Waals surface area (Å²) in [5.41, 5.74) is 5.52. The molecule has 16 heavy (non-hydrogen) atoms. The van der Waals surface area contributed by atoms with E-state index in [-0.39, 0.29) is 18.1 Å². The van der Waals surface area contributed by atoms with Gasteiger partial charge in [0.15, 0.2) is 0 Å². The molecule has 0 unspecified atom stereocenters. The van der Waals surface area contributed by atoms with Gasteiger partial charge >= 0.3 is 0 Å². The summed E-state index contributed by atoms with van der Waals surface area (Å²) >= 11 is 0. The Morgan fingerprint density at radius 1 is 1.38 bits per heavy atom. The van der Waals surface area contributed by atoms with Gasteiger partial charge in [-0.05, 0) is 31.6 Å². The zero-order valence-corrected chi connectivity index (χ0v) is 9.84. The van der Waals surface area contributed by atoms with E-state index in [0.717, 1.165) is 25.3 Å². The predicted octanol–water partition coefficient (Wildman–Crippen LogP) is 0.801. The fourth-order valence-electron chi connectivity index (χ4n) is 2.28. The Balaban J connectivity index is 1.66. The molecule has 2 aliphatic rings. The maximum absolute atomic E-state index is 11.5. The molecule has 0 heterocycles. The lowest BCUT2D eigenvalue weighted by atomic mass is 10.0. The van der Waals surface area contributed by atoms with Gasteiger partial charge in [0.25, 0.3) is 0 Å². The fraction of sp³-hybridized carbons (Fsp3) is 0.917. The Morgan fingerprint density at radius 2 is 2.06 bits per heavy atom. The van der Waals surface area contributed by atoms with Crippen LogP contribution in [0.25, 0.3) is 0 Å². The first-order chi connectivity index (χ1) is 7.74. The van der Waals surface area contributed by atoms with E-state index in [9.17, 15) is 4.79 Å². The highest BCUT2D eigenvalue weighted by Crippen LogP contribution is 2.32. The van der Waals surface area contributed by atoms with Crippen molar-refractivity contribution in [2.75, 3.05) is 19.7 Å². The molecule has 0 atom stereocenters. The minimum Gasteiger partial charge on any atom is -0.364 e. The Labute approximate surface area is 96.9 Å². The zero-order valence-electron chi connectivity index (χ0n) is 9.84. The molecular weight excluding hydrogens is 204 g/mol. The second kappa shape index (κ2) is 5.15. The van der Waals surface area contributed by atoms with Gasteiger partial charge < -0.3 is 15.8 Å². The van der Waals surface area contributed by atoms with Gasteiger partial charge in [0.1, 0.15) is 6.61 Å². The van der Waals surface area contributed by atoms with Crippen molar-refractivity contribution in [2.24, 2.45) is 11.7 Å². The molecule has 0 aromatic heterocycles. The molecule has 1 amide bonds. The molecule has 2 fully saturated rings. The lowest BCUT2D eigenvalue weighted by Crippen LogP contribution is -2.41. The van der Waals surface area contributed by atoms with Crippen LogP contribution in [-0.4, -0.2) is 31.2 Å². The van der Waals surface area contributed by atoms with Gasteiger partial charge in [-0.1, -0.05) is 12.8 Å². The van der Waals surface area contributed by atoms with Crippen LogP contribution in [0.2, 0.25) is 0 Å². The Kier molecular flexibility index (Phi) is 3.82. The van der Waals surface area contributed by atoms with Crippen LogP contribution >= 0.6 is 0 Å². The van der Waals surface area contributed by atoms with E-state index in [4.69, 9.17) is 10.5 Å². The van der Waals surface area contributed by atoms with E-state index in [0.29, 0.717) is 6.54 Å². The average molecular weight is 226 g/mol. The summed E-state index contributed by atoms with van der Waals surface area (Å²) in [4.78, 5) is 11.5. The minimum atomic E-state index is -0.211. The third-order valence-corrected chi connectivity index (χ3v) is 3.68. The predicted molar refractivity (Wildman–Crippen MR) is 61.9 cm³/mol. The third-order valence-electron chi connectivity index (χ3n) is 3.68. The summed E-state index contributed by atoms with van der Waals surface area (Å²) in [6.07, 6.45) is 6.85. The number of carbonyl (C=O) groups is 1. The maximum atomic E-state index is 11.5. The van der Waals surface area contributed by atoms with E-state index < -0.39 is 0 Å². The largest absolute Gasteiger partial charge is 0.364 e. The molecule has 3 N–H and O–H groups in total. The number of nitrogens with two attached hydrogens (primary N) is 1. The van der Waals surface area contributed by atoms with Crippen molar-refractivity contribution < 1.29 is 9.53 Å². The molecule has 0 aromatic carbocycles. The van der Waals surface area contributed by atoms with Crippen LogP contribution in [-0.2, 0) is 9.53 Å². The molecule has 92 valence electrons. The van der Waals surface area contributed by atoms with Crippen LogP contribution < -0.4 is 11.1 Å². The van der Waals surface area contributed by atoms with E-state index in [1.54, 1.807) is 0 Å². The summed E-state index contributed by atoms with van der Waals surface area (Å²) in [6.45, 7) is 1.52. The number of nitrogens with one attached hydrogen (secondary N) is 1. The highest BCUT2D eigenvalue weighted by atomic mass is 16.5. The normalized spacial score (nSPS) is 23.3. The molecule has 0 aliphatic heterocycles. The standard InChI is InChI=1S/C12H22N2O2/c13-9-12(5-1-2-6-12)16-8-11(15)14-7-10-3-4-10/h10H,1-9,13H2,(H,14,15). The molecule has 4 nitrogen and oxygen atoms in total. The lowest BCUT2D eigenvalue weighted by molar-refractivity contribution is -0.132. The molecule has 0 bridgehead atoms. The summed E-state index contributed by atoms with van der Waals surface area (Å²) in [5, 5.41) is 2.91. The average Bonchev–Trinajstić information content (AvgIpc) is 3.02. The molecule has 2 rings (SSSR count). The van der Waals surface area contributed by atoms with Crippen LogP contribution in [0.5, 0.6) is 0 Å². The van der Waals surface area contributed by atoms with Crippen molar-refractivity contribution in [2.45, 2.75) is 44.1 Å². The molecule has 0 saturated heterocycles. The summed E-state index contributed by atoms with van der Waals surface area (Å²) in [7, 11) is 0. The first-order valence-corrected chi connectivity index (χ1v) is 6.35. The van der Waals surface area contributed by atoms with E-state index in [1.807, 2.05) is 0 Å². The molecule has 4 heteroatoms. The van der Waals surface area contributed by atoms with Crippen molar-refractivity contribution in [1.29, 1.82) is 0 Å². The van der Waals surface area contributed by atoms with Crippen molar-refractivity contribution in [3.8, 4) is 0 Å². The van der Waals surface area contributed by atoms with Crippen LogP contribution in [0.15, 0.2) is 0 Å². The molecular formula is C12H22N2O2. The number of hydrogen-bond donors (Lipinski definition) is 2. The first kappa shape index (κ1) is 11.9. The quantitative estimate of drug-likeness (QED) is 0.704. The highest BCUT2D eigenvalue weighted by molar-refractivity contribution is 5.77. The smallest absolute Gasteiger partial charge is 0.246 e. The van der Waals surface area contributed by atoms with Gasteiger partial charge in [0.05, 0.1) is 5.60 Å². The second-order valence-electron chi connectivity index (χ2n) is 5.13. The van der Waals surface area contributed by atoms with Crippen LogP contribution in [0.4, 0.5) is 0 Å². The summed E-state index contributed by atoms with van der Waals surface area (Å²) in [5.74, 6) is 0.727. The third kappa shape index (κ3) is 3.19. The molecule has 0 radical (unpaired) electrons. The summed E-state index contributed by atoms with van der Waals surface area (Å²) in [6, 6.07) is 0. The van der Waals surface area contributed by atoms with Crippen molar-refractivity contribution in [1.82, 2.24) is 5.32 Å². The first-order valence-electron chi connectivity index (χ1n) is 6.35. The second-order valence-corrected chi connectivity index (χ2v) is 5.13. The Hall–Kier alpha value is -0.610. The van der Waals surface area contributed by atoms with Crippen LogP contribution in [0.3, 0.4) is 0 Å². The van der Waals surface area contributed by atoms with Crippen LogP contribution in [0, 0.1) is 5.92 Å². The molecule has 0 aromatic rings. The maximum Gasteiger partial charge on any atom is 0.246 e. The van der Waals surface area contributed by atoms with Crippen molar-refractivity contribution in [3.05, 3.63) is 0 Å². The summed E-state index contributed by atoms with van der Waals surface area (Å²) < 4.78 is 5.72. The number of hydrogen-bond acceptors (Lipinski definition) is 3. The van der Waals surface area contributed by atoms with Crippen LogP contribution in [0.1, 0.15) is 38.5 Å². The number of amides is 1. The Bertz CT molecular complexity index is 245. The van der Waals surface area contributed by atoms with Crippen molar-refractivity contribution >= 4 is 5.91 Å². The molecule has 2 aliphatic carbocycles. The van der Waals surface area contributed by atoms with Gasteiger partial charge in [-0.15, -0.1) is 0 Å². The Morgan fingerprint density at radius 3 is 2.62 bits per heavy atom. The molecule has 2 saturated carbocycles. The number of ether oxygens (including phenoxy) is 1. The molecule has 0 spiro atoms. The zero-order chi connectivity index (χ0) is 11.4. The van der Waals surface area contributed by atoms with Gasteiger partial charge in [-0.2, -0.15) is 0 Å². The van der Waals surface area contributed by atoms with Gasteiger partial charge in [-0.25, -0.2) is 0 Å². The monoisotopic (exact) mass is 226 g/mol. The number of rotatable bonds is 6. The highest BCUT2D eigenvalue weighted by Gasteiger charge is 2.34. The minimum absolute atomic E-state index is 0.00613. The lowest BCUT2D eigenvalue weighted by Gasteiger charge is -2.27. The topological polar surface area (TPSA) is 64.3 Å². The number of carbonyl (C=O) groups excluding carboxylic acids is 1. The van der Waals surface area contributed by atoms with E-state index in [2.05, 4.69) is 5.32 Å². The van der Waals surface area contributed by atoms with Gasteiger partial charge in [0.2, 0.25) is 5.91 Å². The van der Waals surface area contributed by atoms with Gasteiger partial charge in [-0.3, -0.25) is 4.79 Å².